The van der Waals surface area contributed by atoms with Crippen molar-refractivity contribution in [1.82, 2.24) is 15.1 Å². The minimum absolute atomic E-state index is 0. The number of carbonyl (C=O) groups is 12. The van der Waals surface area contributed by atoms with Crippen LogP contribution in [0.3, 0.4) is 0 Å². The minimum Gasteiger partial charge on any atom is -0.507 e. The molecule has 0 saturated heterocycles. The van der Waals surface area contributed by atoms with Crippen molar-refractivity contribution >= 4 is 155 Å². The molecule has 9 aromatic rings. The molecule has 0 radical (unpaired) electrons. The number of carboxylic acid groups (broad SMARTS) is 1. The lowest BCUT2D eigenvalue weighted by molar-refractivity contribution is -0.137. The van der Waals surface area contributed by atoms with E-state index in [2.05, 4.69) is 24.2 Å². The van der Waals surface area contributed by atoms with Crippen LogP contribution in [0.1, 0.15) is 246 Å². The van der Waals surface area contributed by atoms with E-state index in [1.54, 1.807) is 156 Å². The van der Waals surface area contributed by atoms with Gasteiger partial charge in [0, 0.05) is 124 Å². The Morgan fingerprint density at radius 2 is 0.766 bits per heavy atom. The van der Waals surface area contributed by atoms with Crippen molar-refractivity contribution in [3.8, 4) is 34.5 Å². The van der Waals surface area contributed by atoms with E-state index >= 15 is 0 Å². The van der Waals surface area contributed by atoms with Crippen molar-refractivity contribution < 1.29 is 129 Å². The predicted octanol–water partition coefficient (Wildman–Crippen LogP) is 20.1. The van der Waals surface area contributed by atoms with E-state index in [-0.39, 0.29) is 180 Å². The van der Waals surface area contributed by atoms with Crippen molar-refractivity contribution in [3.63, 3.8) is 0 Å². The number of hydrogen-bond donors (Lipinski definition) is 4. The van der Waals surface area contributed by atoms with Gasteiger partial charge in [-0.15, -0.1) is 12.4 Å². The maximum Gasteiger partial charge on any atom is 0.514 e. The highest BCUT2D eigenvalue weighted by Crippen LogP contribution is 2.48. The SMILES string of the molecule is CC(=O)c1cc2c(O)c3ccccc3c(OC(=O)OC(C)(C)C)c2o1.CC(=O)c1cc2c(OC(=O)CCCNCCC(=O)O)c3ccccc3c(O)c2o1.CCCCCC(=O)CCN(CCCC(=O)Oc1c2ccccc2c(OC(=O)OC(C)(C)C)c2oc(C(C)=O)cc12)C(=O)OC(C)(C)C.CCCCCC(=O)CCN(CCN=C=O)C(=O)OC(C)(C)C.Cl. The van der Waals surface area contributed by atoms with Gasteiger partial charge in [0.1, 0.15) is 51.2 Å². The van der Waals surface area contributed by atoms with Crippen molar-refractivity contribution in [2.24, 2.45) is 4.99 Å². The smallest absolute Gasteiger partial charge is 0.507 e. The quantitative estimate of drug-likeness (QED) is 0.00419. The number of aromatic hydroxyl groups is 2. The van der Waals surface area contributed by atoms with Gasteiger partial charge in [-0.2, -0.15) is 0 Å². The van der Waals surface area contributed by atoms with Crippen molar-refractivity contribution in [3.05, 3.63) is 108 Å². The first-order chi connectivity index (χ1) is 57.8. The number of hydrogen-bond acceptors (Lipinski definition) is 28. The molecule has 0 atom stereocenters. The third-order valence-corrected chi connectivity index (χ3v) is 17.8. The number of phenols is 2. The van der Waals surface area contributed by atoms with Crippen molar-refractivity contribution in [2.75, 3.05) is 45.8 Å². The van der Waals surface area contributed by atoms with Gasteiger partial charge in [-0.3, -0.25) is 38.4 Å². The number of furan rings is 3. The van der Waals surface area contributed by atoms with E-state index in [9.17, 15) is 72.5 Å². The fourth-order valence-corrected chi connectivity index (χ4v) is 12.1. The molecule has 9 rings (SSSR count). The standard InChI is InChI=1S/C36H47NO10.C21H21NO7.C19H18O6.C16H28N2O4.ClH/c1-9-10-11-15-24(39)19-21-37(33(41)46-35(3,4)5)20-14-18-29(40)44-30-25-16-12-13-17-26(25)31(45-34(42)47-36(6,7)8)32-27(30)22-28(43-32)23(2)38;1-12(23)16-11-15-20(29-18(26)7-4-9-22-10-8-17(24)25)14-6-3-2-5-13(14)19(27)21(15)28-16;1-10(20)14-9-13-15(21)11-7-5-6-8-12(11)16(17(13)23-14)24-18(22)25-19(2,3)4;1-5-6-7-8-14(20)9-11-18(12-10-17-13-19)15(21)22-16(2,3)4;/h12-13,16-17,22H,9-11,14-15,18-21H2,1-8H3;2-3,5-6,11,22,27H,4,7-10H2,1H3,(H,24,25);5-9,21H,1-4H3;5-12H2,1-4H3;1H. The first kappa shape index (κ1) is 102. The van der Waals surface area contributed by atoms with E-state index in [1.165, 1.54) is 54.9 Å². The lowest BCUT2D eigenvalue weighted by Crippen LogP contribution is -2.39. The van der Waals surface area contributed by atoms with Crippen LogP contribution < -0.4 is 24.3 Å². The second-order valence-corrected chi connectivity index (χ2v) is 33.0. The first-order valence-corrected chi connectivity index (χ1v) is 40.9. The van der Waals surface area contributed by atoms with Crippen LogP contribution >= 0.6 is 12.4 Å². The number of nitrogens with one attached hydrogen (secondary N) is 1. The number of isocyanates is 1. The fraction of sp³-hybridized carbons (Fsp3) is 0.467. The number of nitrogens with zero attached hydrogens (tertiary/aromatic N) is 3. The van der Waals surface area contributed by atoms with E-state index in [1.807, 2.05) is 0 Å². The first-order valence-electron chi connectivity index (χ1n) is 40.9. The highest BCUT2D eigenvalue weighted by molar-refractivity contribution is 6.15. The Bertz CT molecular complexity index is 5330. The van der Waals surface area contributed by atoms with Crippen LogP contribution in [0.5, 0.6) is 34.5 Å². The molecule has 124 heavy (non-hydrogen) atoms. The molecule has 0 aliphatic carbocycles. The van der Waals surface area contributed by atoms with Gasteiger partial charge in [0.2, 0.25) is 6.08 Å². The number of carboxylic acids is 1. The number of unbranched alkanes of at least 4 members (excludes halogenated alkanes) is 4. The predicted molar refractivity (Wildman–Crippen MR) is 466 cm³/mol. The lowest BCUT2D eigenvalue weighted by atomic mass is 10.0. The number of aliphatic imine (C=N–C) groups is 1. The number of amides is 2. The second-order valence-electron chi connectivity index (χ2n) is 33.0. The number of carbonyl (C=O) groups excluding carboxylic acids is 12. The van der Waals surface area contributed by atoms with Gasteiger partial charge < -0.3 is 81.6 Å². The summed E-state index contributed by atoms with van der Waals surface area (Å²) in [7, 11) is 0. The zero-order valence-corrected chi connectivity index (χ0v) is 74.4. The average Bonchev–Trinajstić information content (AvgIpc) is 1.56. The van der Waals surface area contributed by atoms with Crippen LogP contribution in [0.15, 0.2) is 109 Å². The molecule has 3 heterocycles. The molecule has 31 nitrogen and oxygen atoms in total. The summed E-state index contributed by atoms with van der Waals surface area (Å²) >= 11 is 0. The number of Topliss-reactive ketones (excluding diaryl/α,β-unsaturated/α-hetero) is 5. The summed E-state index contributed by atoms with van der Waals surface area (Å²) < 4.78 is 60.7. The normalized spacial score (nSPS) is 11.3. The molecule has 0 bridgehead atoms. The number of aliphatic carboxylic acids is 1. The Hall–Kier alpha value is -12.2. The second kappa shape index (κ2) is 47.4. The Kier molecular flexibility index (Phi) is 39.2. The largest absolute Gasteiger partial charge is 0.514 e. The molecule has 0 fully saturated rings. The topological polar surface area (TPSA) is 427 Å². The van der Waals surface area contributed by atoms with Crippen LogP contribution in [-0.4, -0.2) is 171 Å². The molecule has 3 aromatic heterocycles. The van der Waals surface area contributed by atoms with Crippen LogP contribution in [0.25, 0.3) is 65.2 Å². The fourth-order valence-electron chi connectivity index (χ4n) is 12.1. The molecule has 0 spiro atoms. The molecule has 6 aromatic carbocycles. The lowest BCUT2D eigenvalue weighted by Gasteiger charge is -2.27. The van der Waals surface area contributed by atoms with Gasteiger partial charge in [0.25, 0.3) is 0 Å². The molecule has 4 N–H and O–H groups in total. The summed E-state index contributed by atoms with van der Waals surface area (Å²) in [5, 5.41) is 36.2. The number of rotatable bonds is 35. The summed E-state index contributed by atoms with van der Waals surface area (Å²) in [4.78, 5) is 162. The number of ketones is 5. The summed E-state index contributed by atoms with van der Waals surface area (Å²) in [5.41, 5.74) is -2.63. The van der Waals surface area contributed by atoms with Crippen LogP contribution in [0.2, 0.25) is 0 Å². The zero-order valence-electron chi connectivity index (χ0n) is 73.6. The number of halogens is 1. The van der Waals surface area contributed by atoms with Crippen LogP contribution in [0.4, 0.5) is 19.2 Å². The van der Waals surface area contributed by atoms with Gasteiger partial charge >= 0.3 is 42.4 Å². The Morgan fingerprint density at radius 3 is 1.18 bits per heavy atom. The number of fused-ring (bicyclic) bond motifs is 6. The Morgan fingerprint density at radius 1 is 0.403 bits per heavy atom. The number of esters is 2. The summed E-state index contributed by atoms with van der Waals surface area (Å²) in [6.45, 7) is 30.9. The van der Waals surface area contributed by atoms with Crippen molar-refractivity contribution in [2.45, 2.75) is 236 Å². The van der Waals surface area contributed by atoms with E-state index in [0.29, 0.717) is 81.9 Å². The summed E-state index contributed by atoms with van der Waals surface area (Å²) in [6, 6.07) is 24.9. The molecular formula is C92H115ClN4O27. The van der Waals surface area contributed by atoms with Crippen molar-refractivity contribution in [1.29, 1.82) is 0 Å². The highest BCUT2D eigenvalue weighted by Gasteiger charge is 2.31. The van der Waals surface area contributed by atoms with E-state index < -0.39 is 64.8 Å². The molecule has 672 valence electrons. The van der Waals surface area contributed by atoms with Gasteiger partial charge in [0.15, 0.2) is 68.6 Å². The minimum atomic E-state index is -0.966. The molecule has 32 heteroatoms. The van der Waals surface area contributed by atoms with Gasteiger partial charge in [-0.25, -0.2) is 29.0 Å². The van der Waals surface area contributed by atoms with Crippen LogP contribution in [0, 0.1) is 0 Å². The Balaban J connectivity index is 0.000000307. The molecule has 0 saturated carbocycles. The highest BCUT2D eigenvalue weighted by atomic mass is 35.5. The van der Waals surface area contributed by atoms with E-state index in [4.69, 9.17) is 56.3 Å². The Labute approximate surface area is 725 Å². The monoisotopic (exact) mass is 1740 g/mol. The van der Waals surface area contributed by atoms with Gasteiger partial charge in [0.05, 0.1) is 29.1 Å². The molecule has 0 aliphatic rings. The molecule has 0 aliphatic heterocycles. The van der Waals surface area contributed by atoms with Crippen LogP contribution in [-0.2, 0) is 47.7 Å². The molecule has 2 amide bonds. The van der Waals surface area contributed by atoms with Gasteiger partial charge in [-0.05, 0) is 134 Å². The zero-order chi connectivity index (χ0) is 91.3. The molecule has 0 unspecified atom stereocenters. The number of ether oxygens (including phenoxy) is 8. The van der Waals surface area contributed by atoms with Gasteiger partial charge in [-0.1, -0.05) is 112 Å². The average molecular weight is 1740 g/mol. The number of phenolic OH excluding ortho intramolecular Hbond substituents is 2. The summed E-state index contributed by atoms with van der Waals surface area (Å²) in [6.07, 6.45) is 6.61. The summed E-state index contributed by atoms with van der Waals surface area (Å²) in [5.74, 6) is -2.30. The third-order valence-electron chi connectivity index (χ3n) is 17.8. The molecular weight excluding hydrogens is 1630 g/mol. The number of benzene rings is 6. The maximum absolute atomic E-state index is 13.2. The third kappa shape index (κ3) is 32.2. The maximum atomic E-state index is 13.2. The van der Waals surface area contributed by atoms with E-state index in [0.717, 1.165) is 38.5 Å².